The molecule has 0 saturated heterocycles. The summed E-state index contributed by atoms with van der Waals surface area (Å²) in [6.07, 6.45) is 11.2. The summed E-state index contributed by atoms with van der Waals surface area (Å²) in [7, 11) is 1.00. The van der Waals surface area contributed by atoms with Crippen LogP contribution in [0.3, 0.4) is 0 Å². The number of benzene rings is 4. The van der Waals surface area contributed by atoms with E-state index in [1.54, 1.807) is 6.08 Å². The van der Waals surface area contributed by atoms with E-state index in [1.807, 2.05) is 87.5 Å². The zero-order valence-corrected chi connectivity index (χ0v) is 29.5. The highest BCUT2D eigenvalue weighted by atomic mass is 16.6. The lowest BCUT2D eigenvalue weighted by atomic mass is 10.1. The number of para-hydroxylation sites is 2. The Morgan fingerprint density at radius 3 is 1.88 bits per heavy atom. The van der Waals surface area contributed by atoms with Crippen LogP contribution in [-0.4, -0.2) is 36.7 Å². The SMILES string of the molecule is CC(C)(C)OC(=O)CCCCCCCOc1cc(/C=C/c2ccc(N(c3ccccc3)c3ccccc3)cc2)ccc1/C=C(/C#N)C=O.CO. The molecule has 0 atom stereocenters. The molecule has 50 heavy (non-hydrogen) atoms. The molecule has 0 saturated carbocycles. The number of carbonyl (C=O) groups is 2. The van der Waals surface area contributed by atoms with Gasteiger partial charge >= 0.3 is 5.97 Å². The van der Waals surface area contributed by atoms with E-state index in [0.29, 0.717) is 30.6 Å². The van der Waals surface area contributed by atoms with Crippen molar-refractivity contribution in [2.45, 2.75) is 64.9 Å². The minimum Gasteiger partial charge on any atom is -0.493 e. The lowest BCUT2D eigenvalue weighted by Gasteiger charge is -2.25. The van der Waals surface area contributed by atoms with Crippen LogP contribution in [0.25, 0.3) is 18.2 Å². The smallest absolute Gasteiger partial charge is 0.306 e. The van der Waals surface area contributed by atoms with Crippen molar-refractivity contribution in [2.24, 2.45) is 0 Å². The lowest BCUT2D eigenvalue weighted by molar-refractivity contribution is -0.154. The molecule has 4 aromatic rings. The average Bonchev–Trinajstić information content (AvgIpc) is 3.13. The van der Waals surface area contributed by atoms with Crippen LogP contribution in [0.1, 0.15) is 76.0 Å². The van der Waals surface area contributed by atoms with Crippen LogP contribution in [0, 0.1) is 11.3 Å². The van der Waals surface area contributed by atoms with Crippen LogP contribution < -0.4 is 9.64 Å². The number of allylic oxidation sites excluding steroid dienone is 1. The maximum Gasteiger partial charge on any atom is 0.306 e. The van der Waals surface area contributed by atoms with E-state index < -0.39 is 5.60 Å². The van der Waals surface area contributed by atoms with Gasteiger partial charge < -0.3 is 19.5 Å². The molecule has 7 heteroatoms. The van der Waals surface area contributed by atoms with Gasteiger partial charge in [0.25, 0.3) is 0 Å². The Morgan fingerprint density at radius 2 is 1.30 bits per heavy atom. The van der Waals surface area contributed by atoms with Gasteiger partial charge in [-0.05, 0) is 93.3 Å². The van der Waals surface area contributed by atoms with Crippen molar-refractivity contribution in [1.29, 1.82) is 5.26 Å². The van der Waals surface area contributed by atoms with Gasteiger partial charge in [-0.15, -0.1) is 0 Å². The van der Waals surface area contributed by atoms with Crippen molar-refractivity contribution < 1.29 is 24.2 Å². The van der Waals surface area contributed by atoms with Crippen LogP contribution in [-0.2, 0) is 14.3 Å². The fourth-order valence-corrected chi connectivity index (χ4v) is 5.16. The van der Waals surface area contributed by atoms with Crippen molar-refractivity contribution in [3.8, 4) is 11.8 Å². The summed E-state index contributed by atoms with van der Waals surface area (Å²) in [6.45, 7) is 6.14. The number of rotatable bonds is 16. The van der Waals surface area contributed by atoms with Gasteiger partial charge in [0.05, 0.1) is 12.2 Å². The van der Waals surface area contributed by atoms with Gasteiger partial charge in [0.1, 0.15) is 17.4 Å². The molecule has 4 aromatic carbocycles. The highest BCUT2D eigenvalue weighted by Crippen LogP contribution is 2.34. The molecule has 0 aromatic heterocycles. The van der Waals surface area contributed by atoms with E-state index in [9.17, 15) is 14.9 Å². The van der Waals surface area contributed by atoms with Gasteiger partial charge in [-0.3, -0.25) is 9.59 Å². The van der Waals surface area contributed by atoms with E-state index in [-0.39, 0.29) is 11.5 Å². The number of nitrogens with zero attached hydrogens (tertiary/aromatic N) is 2. The second-order valence-electron chi connectivity index (χ2n) is 12.5. The van der Waals surface area contributed by atoms with Gasteiger partial charge in [-0.1, -0.05) is 92.1 Å². The van der Waals surface area contributed by atoms with Crippen LogP contribution >= 0.6 is 0 Å². The van der Waals surface area contributed by atoms with Gasteiger partial charge in [-0.25, -0.2) is 0 Å². The molecule has 0 radical (unpaired) electrons. The number of aliphatic hydroxyl groups is 1. The first-order valence-electron chi connectivity index (χ1n) is 16.9. The Balaban J connectivity index is 0.00000332. The van der Waals surface area contributed by atoms with Crippen LogP contribution in [0.4, 0.5) is 17.1 Å². The molecule has 0 aliphatic rings. The highest BCUT2D eigenvalue weighted by molar-refractivity contribution is 5.88. The Morgan fingerprint density at radius 1 is 0.760 bits per heavy atom. The number of carbonyl (C=O) groups excluding carboxylic acids is 2. The number of hydrogen-bond donors (Lipinski definition) is 1. The van der Waals surface area contributed by atoms with Gasteiger partial charge in [0.2, 0.25) is 0 Å². The summed E-state index contributed by atoms with van der Waals surface area (Å²) < 4.78 is 11.5. The number of esters is 1. The molecular formula is C43H48N2O5. The monoisotopic (exact) mass is 672 g/mol. The summed E-state index contributed by atoms with van der Waals surface area (Å²) in [5.74, 6) is 0.468. The van der Waals surface area contributed by atoms with Crippen molar-refractivity contribution >= 4 is 47.5 Å². The third-order valence-electron chi connectivity index (χ3n) is 7.46. The fourth-order valence-electron chi connectivity index (χ4n) is 5.16. The Kier molecular flexibility index (Phi) is 16.2. The van der Waals surface area contributed by atoms with E-state index in [1.165, 1.54) is 0 Å². The minimum absolute atomic E-state index is 0.0354. The molecule has 7 nitrogen and oxygen atoms in total. The first kappa shape index (κ1) is 39.0. The molecule has 0 aliphatic carbocycles. The first-order chi connectivity index (χ1) is 24.3. The van der Waals surface area contributed by atoms with Crippen molar-refractivity contribution in [3.63, 3.8) is 0 Å². The van der Waals surface area contributed by atoms with Gasteiger partial charge in [-0.2, -0.15) is 5.26 Å². The second-order valence-corrected chi connectivity index (χ2v) is 12.5. The molecule has 0 amide bonds. The van der Waals surface area contributed by atoms with Crippen LogP contribution in [0.15, 0.2) is 109 Å². The number of ether oxygens (including phenoxy) is 2. The third kappa shape index (κ3) is 13.2. The maximum absolute atomic E-state index is 11.9. The topological polar surface area (TPSA) is 99.9 Å². The number of aliphatic hydroxyl groups excluding tert-OH is 1. The van der Waals surface area contributed by atoms with Crippen molar-refractivity contribution in [2.75, 3.05) is 18.6 Å². The predicted molar refractivity (Wildman–Crippen MR) is 203 cm³/mol. The molecule has 0 bridgehead atoms. The quantitative estimate of drug-likeness (QED) is 0.0316. The number of nitriles is 1. The number of unbranched alkanes of at least 4 members (excludes halogenated alkanes) is 4. The fraction of sp³-hybridized carbons (Fsp3) is 0.279. The summed E-state index contributed by atoms with van der Waals surface area (Å²) in [5.41, 5.74) is 5.48. The maximum atomic E-state index is 11.9. The largest absolute Gasteiger partial charge is 0.493 e. The van der Waals surface area contributed by atoms with Crippen LogP contribution in [0.2, 0.25) is 0 Å². The average molecular weight is 673 g/mol. The molecule has 4 rings (SSSR count). The second kappa shape index (κ2) is 20.8. The first-order valence-corrected chi connectivity index (χ1v) is 16.9. The predicted octanol–water partition coefficient (Wildman–Crippen LogP) is 10.1. The summed E-state index contributed by atoms with van der Waals surface area (Å²) in [5, 5.41) is 16.3. The van der Waals surface area contributed by atoms with Crippen molar-refractivity contribution in [1.82, 2.24) is 0 Å². The molecular weight excluding hydrogens is 624 g/mol. The Labute approximate surface area is 297 Å². The molecule has 0 aliphatic heterocycles. The molecule has 0 fully saturated rings. The van der Waals surface area contributed by atoms with Gasteiger partial charge in [0.15, 0.2) is 6.29 Å². The van der Waals surface area contributed by atoms with E-state index in [4.69, 9.17) is 14.6 Å². The van der Waals surface area contributed by atoms with Crippen LogP contribution in [0.5, 0.6) is 5.75 Å². The Hall–Kier alpha value is -5.45. The zero-order valence-electron chi connectivity index (χ0n) is 29.5. The standard InChI is InChI=1S/C42H44N2O4.CH4O/c1-42(2,3)48-41(46)19-13-5-4-6-14-28-47-40-30-34(22-25-36(40)29-35(31-43)32-45)21-20-33-23-26-39(27-24-33)44(37-15-9-7-10-16-37)38-17-11-8-12-18-38;1-2/h7-12,15-18,20-27,29-30,32H,4-6,13-14,19,28H2,1-3H3;2H,1H3/b21-20+,35-29-;. The normalized spacial score (nSPS) is 11.2. The Bertz CT molecular complexity index is 1680. The van der Waals surface area contributed by atoms with Gasteiger partial charge in [0, 0.05) is 36.2 Å². The summed E-state index contributed by atoms with van der Waals surface area (Å²) in [6, 6.07) is 36.7. The third-order valence-corrected chi connectivity index (χ3v) is 7.46. The highest BCUT2D eigenvalue weighted by Gasteiger charge is 2.15. The zero-order chi connectivity index (χ0) is 36.2. The molecule has 1 N–H and O–H groups in total. The number of hydrogen-bond acceptors (Lipinski definition) is 7. The number of aldehydes is 1. The van der Waals surface area contributed by atoms with Crippen molar-refractivity contribution in [3.05, 3.63) is 125 Å². The number of anilines is 3. The van der Waals surface area contributed by atoms with E-state index >= 15 is 0 Å². The molecule has 0 spiro atoms. The minimum atomic E-state index is -0.450. The molecule has 260 valence electrons. The van der Waals surface area contributed by atoms with E-state index in [2.05, 4.69) is 59.5 Å². The summed E-state index contributed by atoms with van der Waals surface area (Å²) in [4.78, 5) is 25.4. The van der Waals surface area contributed by atoms with E-state index in [0.717, 1.165) is 67.4 Å². The summed E-state index contributed by atoms with van der Waals surface area (Å²) >= 11 is 0. The molecule has 0 heterocycles. The lowest BCUT2D eigenvalue weighted by Crippen LogP contribution is -2.23. The molecule has 0 unspecified atom stereocenters.